The molecule has 1 amide bonds. The summed E-state index contributed by atoms with van der Waals surface area (Å²) >= 11 is 0. The summed E-state index contributed by atoms with van der Waals surface area (Å²) in [5.74, 6) is -0.160. The SMILES string of the molecule is CCCCC/C=C\CCCCCCCC(=O)NC(COP(=O)(O)OCC[N+](C)(C)C)C(O)CCCCCCCCCC. The molecule has 0 bridgehead atoms. The van der Waals surface area contributed by atoms with E-state index >= 15 is 0 Å². The highest BCUT2D eigenvalue weighted by Gasteiger charge is 2.28. The van der Waals surface area contributed by atoms with Gasteiger partial charge < -0.3 is 19.8 Å². The predicted molar refractivity (Wildman–Crippen MR) is 175 cm³/mol. The number of nitrogens with zero attached hydrogens (tertiary/aromatic N) is 1. The molecule has 0 saturated heterocycles. The fourth-order valence-corrected chi connectivity index (χ4v) is 5.42. The second-order valence-corrected chi connectivity index (χ2v) is 14.3. The molecule has 0 aliphatic carbocycles. The Bertz CT molecular complexity index is 713. The molecule has 42 heavy (non-hydrogen) atoms. The number of nitrogens with one attached hydrogen (secondary N) is 1. The predicted octanol–water partition coefficient (Wildman–Crippen LogP) is 8.07. The third-order valence-electron chi connectivity index (χ3n) is 7.51. The third kappa shape index (κ3) is 28.0. The number of rotatable bonds is 30. The minimum atomic E-state index is -4.29. The first-order valence-corrected chi connectivity index (χ1v) is 18.5. The molecule has 0 radical (unpaired) electrons. The summed E-state index contributed by atoms with van der Waals surface area (Å²) in [5.41, 5.74) is 0. The quantitative estimate of drug-likeness (QED) is 0.0325. The molecule has 3 N–H and O–H groups in total. The molecule has 0 rings (SSSR count). The largest absolute Gasteiger partial charge is 0.472 e. The summed E-state index contributed by atoms with van der Waals surface area (Å²) in [7, 11) is 1.60. The molecule has 3 unspecified atom stereocenters. The number of carbonyl (C=O) groups is 1. The third-order valence-corrected chi connectivity index (χ3v) is 8.50. The van der Waals surface area contributed by atoms with E-state index < -0.39 is 20.0 Å². The highest BCUT2D eigenvalue weighted by atomic mass is 31.2. The van der Waals surface area contributed by atoms with Gasteiger partial charge in [-0.2, -0.15) is 0 Å². The van der Waals surface area contributed by atoms with Crippen molar-refractivity contribution in [3.8, 4) is 0 Å². The van der Waals surface area contributed by atoms with E-state index in [2.05, 4.69) is 31.3 Å². The zero-order chi connectivity index (χ0) is 31.5. The van der Waals surface area contributed by atoms with Crippen LogP contribution in [0.4, 0.5) is 0 Å². The van der Waals surface area contributed by atoms with Crippen LogP contribution in [0.15, 0.2) is 12.2 Å². The van der Waals surface area contributed by atoms with Gasteiger partial charge in [-0.15, -0.1) is 0 Å². The highest BCUT2D eigenvalue weighted by molar-refractivity contribution is 7.47. The van der Waals surface area contributed by atoms with Gasteiger partial charge in [-0.05, 0) is 38.5 Å². The van der Waals surface area contributed by atoms with Crippen LogP contribution >= 0.6 is 7.82 Å². The maximum atomic E-state index is 12.7. The molecule has 9 heteroatoms. The van der Waals surface area contributed by atoms with Crippen molar-refractivity contribution >= 4 is 13.7 Å². The number of unbranched alkanes of at least 4 members (excludes halogenated alkanes) is 15. The molecule has 250 valence electrons. The van der Waals surface area contributed by atoms with Crippen molar-refractivity contribution in [3.63, 3.8) is 0 Å². The monoisotopic (exact) mass is 619 g/mol. The summed E-state index contributed by atoms with van der Waals surface area (Å²) in [6.45, 7) is 4.79. The lowest BCUT2D eigenvalue weighted by Gasteiger charge is -2.26. The van der Waals surface area contributed by atoms with Crippen molar-refractivity contribution < 1.29 is 32.9 Å². The van der Waals surface area contributed by atoms with E-state index in [1.54, 1.807) is 0 Å². The van der Waals surface area contributed by atoms with E-state index in [-0.39, 0.29) is 19.1 Å². The summed E-state index contributed by atoms with van der Waals surface area (Å²) < 4.78 is 23.4. The van der Waals surface area contributed by atoms with Gasteiger partial charge in [-0.3, -0.25) is 13.8 Å². The summed E-state index contributed by atoms with van der Waals surface area (Å²) in [6.07, 6.45) is 25.2. The Kier molecular flexibility index (Phi) is 26.1. The molecular weight excluding hydrogens is 551 g/mol. The lowest BCUT2D eigenvalue weighted by Crippen LogP contribution is -2.46. The molecule has 0 aromatic heterocycles. The number of aliphatic hydroxyl groups is 1. The first-order valence-electron chi connectivity index (χ1n) is 17.1. The van der Waals surface area contributed by atoms with Gasteiger partial charge in [0.1, 0.15) is 13.2 Å². The molecule has 0 saturated carbocycles. The van der Waals surface area contributed by atoms with Crippen molar-refractivity contribution in [3.05, 3.63) is 12.2 Å². The van der Waals surface area contributed by atoms with Crippen LogP contribution in [0.25, 0.3) is 0 Å². The minimum absolute atomic E-state index is 0.0738. The molecule has 0 aliphatic rings. The van der Waals surface area contributed by atoms with E-state index in [1.807, 2.05) is 21.1 Å². The van der Waals surface area contributed by atoms with E-state index in [0.717, 1.165) is 51.4 Å². The average molecular weight is 620 g/mol. The van der Waals surface area contributed by atoms with Crippen LogP contribution in [0.5, 0.6) is 0 Å². The van der Waals surface area contributed by atoms with Crippen molar-refractivity contribution in [2.75, 3.05) is 40.9 Å². The number of allylic oxidation sites excluding steroid dienone is 2. The fourth-order valence-electron chi connectivity index (χ4n) is 4.68. The summed E-state index contributed by atoms with van der Waals surface area (Å²) in [6, 6.07) is -0.756. The Morgan fingerprint density at radius 2 is 1.29 bits per heavy atom. The van der Waals surface area contributed by atoms with Gasteiger partial charge in [0.05, 0.1) is 39.9 Å². The summed E-state index contributed by atoms with van der Waals surface area (Å²) in [4.78, 5) is 22.8. The number of quaternary nitrogens is 1. The van der Waals surface area contributed by atoms with E-state index in [9.17, 15) is 19.4 Å². The first-order chi connectivity index (χ1) is 20.0. The number of likely N-dealkylation sites (N-methyl/N-ethyl adjacent to an activating group) is 1. The van der Waals surface area contributed by atoms with Crippen LogP contribution in [0.1, 0.15) is 142 Å². The normalized spacial score (nSPS) is 15.1. The van der Waals surface area contributed by atoms with Crippen molar-refractivity contribution in [1.29, 1.82) is 0 Å². The average Bonchev–Trinajstić information content (AvgIpc) is 2.92. The van der Waals surface area contributed by atoms with Crippen LogP contribution < -0.4 is 5.32 Å². The fraction of sp³-hybridized carbons (Fsp3) is 0.909. The highest BCUT2D eigenvalue weighted by Crippen LogP contribution is 2.43. The maximum Gasteiger partial charge on any atom is 0.472 e. The molecule has 0 heterocycles. The zero-order valence-corrected chi connectivity index (χ0v) is 28.9. The van der Waals surface area contributed by atoms with Gasteiger partial charge >= 0.3 is 7.82 Å². The molecule has 0 spiro atoms. The Balaban J connectivity index is 4.53. The van der Waals surface area contributed by atoms with Crippen molar-refractivity contribution in [1.82, 2.24) is 5.32 Å². The first kappa shape index (κ1) is 41.2. The Labute approximate surface area is 259 Å². The molecule has 0 aromatic rings. The van der Waals surface area contributed by atoms with Gasteiger partial charge in [0.25, 0.3) is 0 Å². The number of aliphatic hydroxyl groups excluding tert-OH is 1. The van der Waals surface area contributed by atoms with Crippen LogP contribution in [0.3, 0.4) is 0 Å². The second-order valence-electron chi connectivity index (χ2n) is 12.9. The van der Waals surface area contributed by atoms with E-state index in [4.69, 9.17) is 9.05 Å². The standard InChI is InChI=1S/C33H67N2O6P/c1-6-8-10-12-14-16-17-18-19-21-23-25-27-33(37)34-31(30-41-42(38,39)40-29-28-35(3,4)5)32(36)26-24-22-20-15-13-11-9-7-2/h14,16,31-32,36H,6-13,15,17-30H2,1-5H3,(H-,34,37,38,39)/p+1/b16-14-. The minimum Gasteiger partial charge on any atom is -0.391 e. The van der Waals surface area contributed by atoms with Crippen LogP contribution in [0, 0.1) is 0 Å². The molecule has 8 nitrogen and oxygen atoms in total. The molecule has 0 aliphatic heterocycles. The number of carbonyl (C=O) groups excluding carboxylic acids is 1. The number of hydrogen-bond acceptors (Lipinski definition) is 5. The summed E-state index contributed by atoms with van der Waals surface area (Å²) in [5, 5.41) is 13.7. The van der Waals surface area contributed by atoms with Gasteiger partial charge in [-0.25, -0.2) is 4.57 Å². The second kappa shape index (κ2) is 26.6. The zero-order valence-electron chi connectivity index (χ0n) is 28.0. The van der Waals surface area contributed by atoms with Gasteiger partial charge in [-0.1, -0.05) is 109 Å². The number of amides is 1. The van der Waals surface area contributed by atoms with Gasteiger partial charge in [0, 0.05) is 6.42 Å². The van der Waals surface area contributed by atoms with Crippen LogP contribution in [-0.4, -0.2) is 73.4 Å². The van der Waals surface area contributed by atoms with Crippen molar-refractivity contribution in [2.24, 2.45) is 0 Å². The van der Waals surface area contributed by atoms with Crippen LogP contribution in [0.2, 0.25) is 0 Å². The molecule has 0 aromatic carbocycles. The maximum absolute atomic E-state index is 12.7. The van der Waals surface area contributed by atoms with E-state index in [0.29, 0.717) is 23.9 Å². The topological polar surface area (TPSA) is 105 Å². The molecule has 3 atom stereocenters. The Hall–Kier alpha value is -0.760. The van der Waals surface area contributed by atoms with Gasteiger partial charge in [0.15, 0.2) is 0 Å². The lowest BCUT2D eigenvalue weighted by atomic mass is 10.0. The van der Waals surface area contributed by atoms with Crippen molar-refractivity contribution in [2.45, 2.75) is 154 Å². The van der Waals surface area contributed by atoms with Crippen LogP contribution in [-0.2, 0) is 18.4 Å². The van der Waals surface area contributed by atoms with E-state index in [1.165, 1.54) is 64.2 Å². The Morgan fingerprint density at radius 3 is 1.88 bits per heavy atom. The Morgan fingerprint density at radius 1 is 0.786 bits per heavy atom. The number of phosphoric ester groups is 1. The molecule has 0 fully saturated rings. The number of hydrogen-bond donors (Lipinski definition) is 3. The lowest BCUT2D eigenvalue weighted by molar-refractivity contribution is -0.870. The smallest absolute Gasteiger partial charge is 0.391 e. The van der Waals surface area contributed by atoms with Gasteiger partial charge in [0.2, 0.25) is 5.91 Å². The number of phosphoric acid groups is 1. The molecular formula is C33H68N2O6P+.